The minimum atomic E-state index is -0.135. The molecule has 0 heterocycles. The Balaban J connectivity index is 2.21. The summed E-state index contributed by atoms with van der Waals surface area (Å²) in [4.78, 5) is 12.4. The molecule has 2 rings (SSSR count). The summed E-state index contributed by atoms with van der Waals surface area (Å²) in [7, 11) is 0. The quantitative estimate of drug-likeness (QED) is 0.649. The van der Waals surface area contributed by atoms with Crippen LogP contribution in [0, 0.1) is 3.57 Å². The summed E-state index contributed by atoms with van der Waals surface area (Å²) in [6.45, 7) is 3.08. The lowest BCUT2D eigenvalue weighted by molar-refractivity contribution is 0.102. The van der Waals surface area contributed by atoms with Crippen LogP contribution in [0.2, 0.25) is 0 Å². The number of nitrogens with one attached hydrogen (secondary N) is 1. The highest BCUT2D eigenvalue weighted by Crippen LogP contribution is 2.22. The third-order valence-corrected chi connectivity index (χ3v) is 4.26. The van der Waals surface area contributed by atoms with E-state index in [9.17, 15) is 4.79 Å². The Morgan fingerprint density at radius 2 is 2.05 bits per heavy atom. The van der Waals surface area contributed by atoms with Crippen LogP contribution in [0.4, 0.5) is 5.69 Å². The average Bonchev–Trinajstić information content (AvgIpc) is 2.48. The van der Waals surface area contributed by atoms with Crippen molar-refractivity contribution in [2.75, 3.05) is 11.9 Å². The second-order valence-corrected chi connectivity index (χ2v) is 6.47. The molecule has 0 aliphatic carbocycles. The van der Waals surface area contributed by atoms with Crippen LogP contribution in [-0.2, 0) is 11.3 Å². The van der Waals surface area contributed by atoms with Gasteiger partial charge < -0.3 is 10.1 Å². The summed E-state index contributed by atoms with van der Waals surface area (Å²) in [5.41, 5.74) is 2.37. The van der Waals surface area contributed by atoms with E-state index in [-0.39, 0.29) is 5.91 Å². The van der Waals surface area contributed by atoms with Crippen molar-refractivity contribution in [2.24, 2.45) is 0 Å². The van der Waals surface area contributed by atoms with Crippen molar-refractivity contribution < 1.29 is 9.53 Å². The van der Waals surface area contributed by atoms with Crippen LogP contribution in [0.3, 0.4) is 0 Å². The van der Waals surface area contributed by atoms with E-state index in [4.69, 9.17) is 4.74 Å². The number of hydrogen-bond donors (Lipinski definition) is 1. The molecule has 0 aliphatic heterocycles. The minimum absolute atomic E-state index is 0.135. The molecule has 21 heavy (non-hydrogen) atoms. The maximum absolute atomic E-state index is 12.4. The van der Waals surface area contributed by atoms with E-state index in [0.717, 1.165) is 19.3 Å². The zero-order chi connectivity index (χ0) is 15.2. The Morgan fingerprint density at radius 3 is 2.81 bits per heavy atom. The van der Waals surface area contributed by atoms with Crippen molar-refractivity contribution >= 4 is 50.1 Å². The van der Waals surface area contributed by atoms with Crippen LogP contribution >= 0.6 is 38.5 Å². The van der Waals surface area contributed by atoms with Crippen molar-refractivity contribution in [3.8, 4) is 0 Å². The van der Waals surface area contributed by atoms with Crippen LogP contribution in [0.1, 0.15) is 22.8 Å². The predicted octanol–water partition coefficient (Wildman–Crippen LogP) is 4.84. The second kappa shape index (κ2) is 7.91. The van der Waals surface area contributed by atoms with Gasteiger partial charge in [0, 0.05) is 25.9 Å². The van der Waals surface area contributed by atoms with Crippen LogP contribution < -0.4 is 5.32 Å². The fourth-order valence-corrected chi connectivity index (χ4v) is 2.76. The normalized spacial score (nSPS) is 10.4. The molecule has 1 amide bonds. The van der Waals surface area contributed by atoms with Gasteiger partial charge in [0.1, 0.15) is 0 Å². The van der Waals surface area contributed by atoms with Gasteiger partial charge in [-0.05, 0) is 69.7 Å². The number of ether oxygens (including phenoxy) is 1. The Labute approximate surface area is 146 Å². The van der Waals surface area contributed by atoms with Crippen molar-refractivity contribution in [1.82, 2.24) is 0 Å². The van der Waals surface area contributed by atoms with E-state index < -0.39 is 0 Å². The molecule has 0 saturated heterocycles. The summed E-state index contributed by atoms with van der Waals surface area (Å²) >= 11 is 5.61. The lowest BCUT2D eigenvalue weighted by Gasteiger charge is -2.12. The summed E-state index contributed by atoms with van der Waals surface area (Å²) in [6.07, 6.45) is 0. The Kier molecular flexibility index (Phi) is 6.20. The lowest BCUT2D eigenvalue weighted by atomic mass is 10.1. The van der Waals surface area contributed by atoms with Crippen LogP contribution in [-0.4, -0.2) is 12.5 Å². The summed E-state index contributed by atoms with van der Waals surface area (Å²) in [5, 5.41) is 2.95. The first-order chi connectivity index (χ1) is 10.1. The standard InChI is InChI=1S/C16H15BrINO2/c1-2-21-10-11-5-3-4-6-15(11)19-16(20)13-9-12(18)7-8-14(13)17/h3-9H,2,10H2,1H3,(H,19,20). The Hall–Kier alpha value is -0.920. The number of hydrogen-bond acceptors (Lipinski definition) is 2. The van der Waals surface area contributed by atoms with Gasteiger partial charge in [0.25, 0.3) is 5.91 Å². The number of rotatable bonds is 5. The van der Waals surface area contributed by atoms with Gasteiger partial charge in [-0.15, -0.1) is 0 Å². The monoisotopic (exact) mass is 459 g/mol. The molecule has 0 radical (unpaired) electrons. The lowest BCUT2D eigenvalue weighted by Crippen LogP contribution is -2.14. The largest absolute Gasteiger partial charge is 0.377 e. The topological polar surface area (TPSA) is 38.3 Å². The van der Waals surface area contributed by atoms with Gasteiger partial charge in [-0.25, -0.2) is 0 Å². The van der Waals surface area contributed by atoms with Crippen LogP contribution in [0.5, 0.6) is 0 Å². The van der Waals surface area contributed by atoms with Gasteiger partial charge >= 0.3 is 0 Å². The van der Waals surface area contributed by atoms with Crippen molar-refractivity contribution in [3.05, 3.63) is 61.6 Å². The van der Waals surface area contributed by atoms with E-state index in [1.807, 2.05) is 49.4 Å². The average molecular weight is 460 g/mol. The molecule has 2 aromatic carbocycles. The molecular formula is C16H15BrINO2. The van der Waals surface area contributed by atoms with Crippen molar-refractivity contribution in [2.45, 2.75) is 13.5 Å². The predicted molar refractivity (Wildman–Crippen MR) is 96.6 cm³/mol. The van der Waals surface area contributed by atoms with Crippen molar-refractivity contribution in [1.29, 1.82) is 0 Å². The molecule has 0 saturated carbocycles. The first-order valence-corrected chi connectivity index (χ1v) is 8.41. The molecule has 0 aromatic heterocycles. The molecule has 0 bridgehead atoms. The zero-order valence-electron chi connectivity index (χ0n) is 11.5. The Bertz CT molecular complexity index is 646. The number of anilines is 1. The highest BCUT2D eigenvalue weighted by Gasteiger charge is 2.12. The maximum Gasteiger partial charge on any atom is 0.256 e. The molecule has 0 fully saturated rings. The van der Waals surface area contributed by atoms with Gasteiger partial charge in [-0.3, -0.25) is 4.79 Å². The van der Waals surface area contributed by atoms with E-state index in [1.165, 1.54) is 0 Å². The fraction of sp³-hybridized carbons (Fsp3) is 0.188. The SMILES string of the molecule is CCOCc1ccccc1NC(=O)c1cc(I)ccc1Br. The summed E-state index contributed by atoms with van der Waals surface area (Å²) in [6, 6.07) is 13.3. The van der Waals surface area contributed by atoms with Gasteiger partial charge in [0.05, 0.1) is 12.2 Å². The number of carbonyl (C=O) groups is 1. The van der Waals surface area contributed by atoms with Crippen molar-refractivity contribution in [3.63, 3.8) is 0 Å². The Morgan fingerprint density at radius 1 is 1.29 bits per heavy atom. The van der Waals surface area contributed by atoms with Gasteiger partial charge in [-0.2, -0.15) is 0 Å². The minimum Gasteiger partial charge on any atom is -0.377 e. The van der Waals surface area contributed by atoms with E-state index >= 15 is 0 Å². The smallest absolute Gasteiger partial charge is 0.256 e. The molecule has 0 atom stereocenters. The highest BCUT2D eigenvalue weighted by molar-refractivity contribution is 14.1. The van der Waals surface area contributed by atoms with E-state index in [2.05, 4.69) is 43.8 Å². The molecule has 0 unspecified atom stereocenters. The van der Waals surface area contributed by atoms with Crippen LogP contribution in [0.25, 0.3) is 0 Å². The molecular weight excluding hydrogens is 445 g/mol. The highest BCUT2D eigenvalue weighted by atomic mass is 127. The first-order valence-electron chi connectivity index (χ1n) is 6.54. The van der Waals surface area contributed by atoms with Crippen LogP contribution in [0.15, 0.2) is 46.9 Å². The second-order valence-electron chi connectivity index (χ2n) is 4.37. The molecule has 0 spiro atoms. The van der Waals surface area contributed by atoms with Gasteiger partial charge in [0.2, 0.25) is 0 Å². The first kappa shape index (κ1) is 16.5. The molecule has 0 aliphatic rings. The number of para-hydroxylation sites is 1. The molecule has 5 heteroatoms. The van der Waals surface area contributed by atoms with Gasteiger partial charge in [0.15, 0.2) is 0 Å². The number of halogens is 2. The zero-order valence-corrected chi connectivity index (χ0v) is 15.3. The number of benzene rings is 2. The van der Waals surface area contributed by atoms with E-state index in [1.54, 1.807) is 0 Å². The maximum atomic E-state index is 12.4. The molecule has 1 N–H and O–H groups in total. The third kappa shape index (κ3) is 4.52. The third-order valence-electron chi connectivity index (χ3n) is 2.90. The molecule has 2 aromatic rings. The summed E-state index contributed by atoms with van der Waals surface area (Å²) < 4.78 is 7.23. The fourth-order valence-electron chi connectivity index (χ4n) is 1.84. The molecule has 3 nitrogen and oxygen atoms in total. The number of amides is 1. The molecule has 110 valence electrons. The summed E-state index contributed by atoms with van der Waals surface area (Å²) in [5.74, 6) is -0.135. The van der Waals surface area contributed by atoms with Gasteiger partial charge in [-0.1, -0.05) is 18.2 Å². The van der Waals surface area contributed by atoms with E-state index in [0.29, 0.717) is 18.8 Å². The number of carbonyl (C=O) groups excluding carboxylic acids is 1.